The highest BCUT2D eigenvalue weighted by Gasteiger charge is 2.36. The number of fused-ring (bicyclic) bond motifs is 1. The number of hydrogen-bond donors (Lipinski definition) is 1. The molecule has 0 unspecified atom stereocenters. The third kappa shape index (κ3) is 4.24. The van der Waals surface area contributed by atoms with Crippen molar-refractivity contribution in [1.82, 2.24) is 9.47 Å². The lowest BCUT2D eigenvalue weighted by atomic mass is 10.1. The lowest BCUT2D eigenvalue weighted by Gasteiger charge is -2.13. The number of benzene rings is 2. The molecule has 1 aliphatic rings. The Morgan fingerprint density at radius 1 is 1.12 bits per heavy atom. The molecule has 1 saturated heterocycles. The van der Waals surface area contributed by atoms with E-state index in [0.717, 1.165) is 44.3 Å². The maximum Gasteiger partial charge on any atom is 0.294 e. The highest BCUT2D eigenvalue weighted by atomic mass is 32.2. The zero-order valence-electron chi connectivity index (χ0n) is 17.9. The van der Waals surface area contributed by atoms with Crippen LogP contribution in [0.2, 0.25) is 0 Å². The summed E-state index contributed by atoms with van der Waals surface area (Å²) in [5.74, 6) is -0.879. The van der Waals surface area contributed by atoms with Gasteiger partial charge in [-0.2, -0.15) is 0 Å². The number of anilines is 1. The summed E-state index contributed by atoms with van der Waals surface area (Å²) >= 11 is 0.850. The fourth-order valence-corrected chi connectivity index (χ4v) is 4.45. The minimum Gasteiger partial charge on any atom is -0.343 e. The van der Waals surface area contributed by atoms with Gasteiger partial charge in [0.1, 0.15) is 6.54 Å². The first-order valence-corrected chi connectivity index (χ1v) is 11.0. The second-order valence-electron chi connectivity index (χ2n) is 7.66. The van der Waals surface area contributed by atoms with E-state index in [9.17, 15) is 14.4 Å². The molecule has 4 rings (SSSR count). The number of carbonyl (C=O) groups excluding carboxylic acids is 3. The van der Waals surface area contributed by atoms with Gasteiger partial charge in [-0.25, -0.2) is 0 Å². The average molecular weight is 446 g/mol. The number of nitrogens with one attached hydrogen (secondary N) is 1. The molecular weight excluding hydrogens is 422 g/mol. The van der Waals surface area contributed by atoms with Gasteiger partial charge in [0.25, 0.3) is 11.1 Å². The standard InChI is InChI=1S/C25H23N3O3S/c1-4-11-27-14-18(20-7-5-6-8-21(20)27)13-22-24(30)28(25(31)32-22)15-23(29)26-19-10-9-16(2)17(3)12-19/h4-10,12-14H,1,11,15H2,2-3H3,(H,26,29)/b22-13+. The van der Waals surface area contributed by atoms with Gasteiger partial charge in [0.05, 0.1) is 4.91 Å². The predicted molar refractivity (Wildman–Crippen MR) is 129 cm³/mol. The average Bonchev–Trinajstić information content (AvgIpc) is 3.23. The summed E-state index contributed by atoms with van der Waals surface area (Å²) in [6.45, 7) is 8.04. The van der Waals surface area contributed by atoms with E-state index in [1.54, 1.807) is 18.2 Å². The number of imide groups is 1. The van der Waals surface area contributed by atoms with Gasteiger partial charge in [0.15, 0.2) is 0 Å². The molecule has 3 aromatic rings. The number of thioether (sulfide) groups is 1. The number of aryl methyl sites for hydroxylation is 2. The number of carbonyl (C=O) groups is 3. The molecule has 0 radical (unpaired) electrons. The quantitative estimate of drug-likeness (QED) is 0.422. The minimum atomic E-state index is -0.462. The van der Waals surface area contributed by atoms with E-state index in [-0.39, 0.29) is 6.54 Å². The van der Waals surface area contributed by atoms with E-state index in [1.165, 1.54) is 0 Å². The summed E-state index contributed by atoms with van der Waals surface area (Å²) in [7, 11) is 0. The van der Waals surface area contributed by atoms with E-state index in [0.29, 0.717) is 17.1 Å². The van der Waals surface area contributed by atoms with E-state index < -0.39 is 17.1 Å². The van der Waals surface area contributed by atoms with Crippen LogP contribution >= 0.6 is 11.8 Å². The maximum absolute atomic E-state index is 12.9. The topological polar surface area (TPSA) is 71.4 Å². The fraction of sp³-hybridized carbons (Fsp3) is 0.160. The fourth-order valence-electron chi connectivity index (χ4n) is 3.62. The first kappa shape index (κ1) is 21.6. The molecule has 3 amide bonds. The Morgan fingerprint density at radius 2 is 1.91 bits per heavy atom. The SMILES string of the molecule is C=CCn1cc(/C=C2/SC(=O)N(CC(=O)Nc3ccc(C)c(C)c3)C2=O)c2ccccc21. The second kappa shape index (κ2) is 8.88. The molecule has 1 aliphatic heterocycles. The Kier molecular flexibility index (Phi) is 6.01. The van der Waals surface area contributed by atoms with Crippen LogP contribution < -0.4 is 5.32 Å². The Balaban J connectivity index is 1.53. The third-order valence-corrected chi connectivity index (χ3v) is 6.31. The Bertz CT molecular complexity index is 1290. The number of para-hydroxylation sites is 1. The summed E-state index contributed by atoms with van der Waals surface area (Å²) < 4.78 is 2.04. The van der Waals surface area contributed by atoms with Crippen LogP contribution in [0.3, 0.4) is 0 Å². The van der Waals surface area contributed by atoms with Crippen molar-refractivity contribution in [2.75, 3.05) is 11.9 Å². The van der Waals surface area contributed by atoms with Crippen LogP contribution in [0.1, 0.15) is 16.7 Å². The van der Waals surface area contributed by atoms with Gasteiger partial charge >= 0.3 is 0 Å². The number of aromatic nitrogens is 1. The van der Waals surface area contributed by atoms with E-state index in [4.69, 9.17) is 0 Å². The molecular formula is C25H23N3O3S. The van der Waals surface area contributed by atoms with Crippen molar-refractivity contribution in [3.05, 3.63) is 82.9 Å². The zero-order chi connectivity index (χ0) is 22.8. The zero-order valence-corrected chi connectivity index (χ0v) is 18.7. The molecule has 0 aliphatic carbocycles. The molecule has 0 spiro atoms. The minimum absolute atomic E-state index is 0.301. The van der Waals surface area contributed by atoms with E-state index in [2.05, 4.69) is 11.9 Å². The van der Waals surface area contributed by atoms with Crippen LogP contribution in [0.4, 0.5) is 10.5 Å². The third-order valence-electron chi connectivity index (χ3n) is 5.40. The van der Waals surface area contributed by atoms with Crippen molar-refractivity contribution in [3.8, 4) is 0 Å². The van der Waals surface area contributed by atoms with Gasteiger partial charge in [-0.15, -0.1) is 6.58 Å². The first-order valence-electron chi connectivity index (χ1n) is 10.2. The number of amides is 3. The number of rotatable bonds is 6. The molecule has 0 saturated carbocycles. The van der Waals surface area contributed by atoms with Crippen molar-refractivity contribution >= 4 is 51.5 Å². The lowest BCUT2D eigenvalue weighted by Crippen LogP contribution is -2.36. The Labute approximate surface area is 190 Å². The van der Waals surface area contributed by atoms with Crippen molar-refractivity contribution in [2.45, 2.75) is 20.4 Å². The van der Waals surface area contributed by atoms with Crippen molar-refractivity contribution in [3.63, 3.8) is 0 Å². The summed E-state index contributed by atoms with van der Waals surface area (Å²) in [6.07, 6.45) is 5.46. The van der Waals surface area contributed by atoms with Crippen LogP contribution in [-0.2, 0) is 16.1 Å². The van der Waals surface area contributed by atoms with Gasteiger partial charge < -0.3 is 9.88 Å². The molecule has 7 heteroatoms. The number of hydrogen-bond acceptors (Lipinski definition) is 4. The van der Waals surface area contributed by atoms with Crippen molar-refractivity contribution < 1.29 is 14.4 Å². The van der Waals surface area contributed by atoms with Gasteiger partial charge in [-0.3, -0.25) is 19.3 Å². The molecule has 2 aromatic carbocycles. The summed E-state index contributed by atoms with van der Waals surface area (Å²) in [5, 5.41) is 3.29. The summed E-state index contributed by atoms with van der Waals surface area (Å²) in [6, 6.07) is 13.4. The van der Waals surface area contributed by atoms with Gasteiger partial charge in [-0.1, -0.05) is 30.3 Å². The molecule has 0 bridgehead atoms. The Hall–Kier alpha value is -3.58. The van der Waals surface area contributed by atoms with Gasteiger partial charge in [0.2, 0.25) is 5.91 Å². The summed E-state index contributed by atoms with van der Waals surface area (Å²) in [5.41, 5.74) is 4.66. The van der Waals surface area contributed by atoms with Crippen molar-refractivity contribution in [1.29, 1.82) is 0 Å². The largest absolute Gasteiger partial charge is 0.343 e. The highest BCUT2D eigenvalue weighted by Crippen LogP contribution is 2.34. The molecule has 2 heterocycles. The molecule has 162 valence electrons. The van der Waals surface area contributed by atoms with Crippen LogP contribution in [0.15, 0.2) is 66.2 Å². The predicted octanol–water partition coefficient (Wildman–Crippen LogP) is 5.12. The lowest BCUT2D eigenvalue weighted by molar-refractivity contribution is -0.127. The molecule has 1 aromatic heterocycles. The number of allylic oxidation sites excluding steroid dienone is 1. The molecule has 1 fully saturated rings. The van der Waals surface area contributed by atoms with E-state index in [1.807, 2.05) is 61.0 Å². The maximum atomic E-state index is 12.9. The van der Waals surface area contributed by atoms with Gasteiger partial charge in [-0.05, 0) is 61.0 Å². The highest BCUT2D eigenvalue weighted by molar-refractivity contribution is 8.18. The smallest absolute Gasteiger partial charge is 0.294 e. The van der Waals surface area contributed by atoms with Crippen LogP contribution in [-0.4, -0.2) is 33.1 Å². The Morgan fingerprint density at radius 3 is 2.66 bits per heavy atom. The normalized spacial score (nSPS) is 15.1. The monoisotopic (exact) mass is 445 g/mol. The van der Waals surface area contributed by atoms with Crippen LogP contribution in [0.5, 0.6) is 0 Å². The summed E-state index contributed by atoms with van der Waals surface area (Å²) in [4.78, 5) is 39.1. The molecule has 0 atom stereocenters. The molecule has 32 heavy (non-hydrogen) atoms. The molecule has 1 N–H and O–H groups in total. The first-order chi connectivity index (χ1) is 15.4. The van der Waals surface area contributed by atoms with E-state index >= 15 is 0 Å². The number of nitrogens with zero attached hydrogens (tertiary/aromatic N) is 2. The van der Waals surface area contributed by atoms with Crippen molar-refractivity contribution in [2.24, 2.45) is 0 Å². The second-order valence-corrected chi connectivity index (χ2v) is 8.65. The van der Waals surface area contributed by atoms with Gasteiger partial charge in [0, 0.05) is 34.9 Å². The van der Waals surface area contributed by atoms with Crippen LogP contribution in [0.25, 0.3) is 17.0 Å². The molecule has 6 nitrogen and oxygen atoms in total. The van der Waals surface area contributed by atoms with Crippen LogP contribution in [0, 0.1) is 13.8 Å².